The van der Waals surface area contributed by atoms with Crippen molar-refractivity contribution in [2.45, 2.75) is 31.3 Å². The van der Waals surface area contributed by atoms with E-state index in [1.807, 2.05) is 42.5 Å². The van der Waals surface area contributed by atoms with Gasteiger partial charge in [-0.3, -0.25) is 14.9 Å². The first-order valence-electron chi connectivity index (χ1n) is 11.7. The molecule has 1 aliphatic heterocycles. The van der Waals surface area contributed by atoms with Crippen LogP contribution < -0.4 is 14.8 Å². The van der Waals surface area contributed by atoms with E-state index in [0.717, 1.165) is 29.5 Å². The number of benzene rings is 3. The first-order chi connectivity index (χ1) is 17.0. The van der Waals surface area contributed by atoms with Gasteiger partial charge in [0, 0.05) is 24.2 Å². The van der Waals surface area contributed by atoms with Crippen LogP contribution in [0.5, 0.6) is 11.5 Å². The number of nitrogens with zero attached hydrogens (tertiary/aromatic N) is 2. The van der Waals surface area contributed by atoms with Gasteiger partial charge in [-0.1, -0.05) is 30.3 Å². The van der Waals surface area contributed by atoms with E-state index in [4.69, 9.17) is 9.47 Å². The first-order valence-corrected chi connectivity index (χ1v) is 11.7. The average Bonchev–Trinajstić information content (AvgIpc) is 3.71. The monoisotopic (exact) mass is 473 g/mol. The molecule has 1 saturated carbocycles. The summed E-state index contributed by atoms with van der Waals surface area (Å²) in [7, 11) is 3.19. The largest absolute Gasteiger partial charge is 0.493 e. The number of rotatable bonds is 7. The van der Waals surface area contributed by atoms with Crippen molar-refractivity contribution in [2.24, 2.45) is 0 Å². The summed E-state index contributed by atoms with van der Waals surface area (Å²) in [6.07, 6.45) is 2.63. The number of methoxy groups -OCH3 is 2. The molecule has 0 aromatic heterocycles. The van der Waals surface area contributed by atoms with Gasteiger partial charge in [0.25, 0.3) is 11.6 Å². The summed E-state index contributed by atoms with van der Waals surface area (Å²) in [5.41, 5.74) is 3.65. The number of carbonyl (C=O) groups is 1. The second-order valence-corrected chi connectivity index (χ2v) is 8.88. The number of nitro benzene ring substituents is 1. The topological polar surface area (TPSA) is 93.9 Å². The summed E-state index contributed by atoms with van der Waals surface area (Å²) in [5, 5.41) is 15.0. The van der Waals surface area contributed by atoms with E-state index >= 15 is 0 Å². The van der Waals surface area contributed by atoms with Gasteiger partial charge in [0.15, 0.2) is 11.5 Å². The fourth-order valence-electron chi connectivity index (χ4n) is 4.71. The normalized spacial score (nSPS) is 16.9. The summed E-state index contributed by atoms with van der Waals surface area (Å²) in [5.74, 6) is 0.986. The van der Waals surface area contributed by atoms with Crippen molar-refractivity contribution < 1.29 is 19.2 Å². The minimum atomic E-state index is -0.432. The molecule has 5 rings (SSSR count). The summed E-state index contributed by atoms with van der Waals surface area (Å²) in [6.45, 7) is 0.469. The first kappa shape index (κ1) is 22.7. The SMILES string of the molecule is COc1cc2c(cc1OC)C(c1ccccc1)N(C(=O)c1ccc(NC3CC3)c([N+](=O)[O-])c1)CC2. The average molecular weight is 474 g/mol. The number of anilines is 1. The van der Waals surface area contributed by atoms with E-state index in [9.17, 15) is 14.9 Å². The van der Waals surface area contributed by atoms with E-state index in [0.29, 0.717) is 35.7 Å². The van der Waals surface area contributed by atoms with Gasteiger partial charge < -0.3 is 19.7 Å². The zero-order valence-corrected chi connectivity index (χ0v) is 19.7. The van der Waals surface area contributed by atoms with Gasteiger partial charge in [-0.15, -0.1) is 0 Å². The Balaban J connectivity index is 1.56. The van der Waals surface area contributed by atoms with E-state index in [1.54, 1.807) is 31.3 Å². The lowest BCUT2D eigenvalue weighted by molar-refractivity contribution is -0.384. The lowest BCUT2D eigenvalue weighted by Gasteiger charge is -2.38. The van der Waals surface area contributed by atoms with Crippen LogP contribution in [-0.2, 0) is 6.42 Å². The summed E-state index contributed by atoms with van der Waals surface area (Å²) < 4.78 is 11.0. The Morgan fingerprint density at radius 2 is 1.74 bits per heavy atom. The molecule has 3 aromatic rings. The fourth-order valence-corrected chi connectivity index (χ4v) is 4.71. The number of ether oxygens (including phenoxy) is 2. The molecule has 180 valence electrons. The zero-order chi connectivity index (χ0) is 24.5. The molecular formula is C27H27N3O5. The number of hydrogen-bond donors (Lipinski definition) is 1. The van der Waals surface area contributed by atoms with E-state index in [1.165, 1.54) is 6.07 Å². The maximum atomic E-state index is 13.8. The van der Waals surface area contributed by atoms with Gasteiger partial charge in [0.2, 0.25) is 0 Å². The number of hydrogen-bond acceptors (Lipinski definition) is 6. The van der Waals surface area contributed by atoms with Crippen molar-refractivity contribution in [3.63, 3.8) is 0 Å². The molecule has 0 saturated heterocycles. The highest BCUT2D eigenvalue weighted by Gasteiger charge is 2.35. The Kier molecular flexibility index (Phi) is 6.03. The van der Waals surface area contributed by atoms with Gasteiger partial charge in [-0.05, 0) is 60.2 Å². The maximum absolute atomic E-state index is 13.8. The molecule has 1 aliphatic carbocycles. The highest BCUT2D eigenvalue weighted by atomic mass is 16.6. The third-order valence-electron chi connectivity index (χ3n) is 6.63. The van der Waals surface area contributed by atoms with Crippen LogP contribution in [0.15, 0.2) is 60.7 Å². The second-order valence-electron chi connectivity index (χ2n) is 8.88. The third kappa shape index (κ3) is 4.39. The van der Waals surface area contributed by atoms with Gasteiger partial charge in [-0.25, -0.2) is 0 Å². The summed E-state index contributed by atoms with van der Waals surface area (Å²) in [6, 6.07) is 18.3. The van der Waals surface area contributed by atoms with Crippen LogP contribution in [0.2, 0.25) is 0 Å². The van der Waals surface area contributed by atoms with E-state index < -0.39 is 4.92 Å². The van der Waals surface area contributed by atoms with Crippen LogP contribution in [0.4, 0.5) is 11.4 Å². The molecule has 1 amide bonds. The van der Waals surface area contributed by atoms with Crippen molar-refractivity contribution in [1.29, 1.82) is 0 Å². The predicted molar refractivity (Wildman–Crippen MR) is 132 cm³/mol. The summed E-state index contributed by atoms with van der Waals surface area (Å²) in [4.78, 5) is 26.9. The molecule has 1 heterocycles. The molecule has 1 atom stereocenters. The minimum absolute atomic E-state index is 0.0807. The van der Waals surface area contributed by atoms with Crippen LogP contribution in [0.1, 0.15) is 45.9 Å². The molecule has 1 fully saturated rings. The lowest BCUT2D eigenvalue weighted by Crippen LogP contribution is -2.40. The smallest absolute Gasteiger partial charge is 0.293 e. The Morgan fingerprint density at radius 3 is 2.40 bits per heavy atom. The Hall–Kier alpha value is -4.07. The Bertz CT molecular complexity index is 1270. The van der Waals surface area contributed by atoms with Crippen LogP contribution >= 0.6 is 0 Å². The minimum Gasteiger partial charge on any atom is -0.493 e. The molecule has 35 heavy (non-hydrogen) atoms. The highest BCUT2D eigenvalue weighted by molar-refractivity contribution is 5.96. The second kappa shape index (κ2) is 9.29. The highest BCUT2D eigenvalue weighted by Crippen LogP contribution is 2.42. The lowest BCUT2D eigenvalue weighted by atomic mass is 9.87. The van der Waals surface area contributed by atoms with Crippen molar-refractivity contribution in [2.75, 3.05) is 26.1 Å². The van der Waals surface area contributed by atoms with Gasteiger partial charge >= 0.3 is 0 Å². The molecule has 0 radical (unpaired) electrons. The Morgan fingerprint density at radius 1 is 1.03 bits per heavy atom. The molecule has 2 aliphatic rings. The van der Waals surface area contributed by atoms with Crippen molar-refractivity contribution in [3.05, 3.63) is 93.0 Å². The number of carbonyl (C=O) groups excluding carboxylic acids is 1. The van der Waals surface area contributed by atoms with Crippen LogP contribution in [0.3, 0.4) is 0 Å². The number of amides is 1. The molecule has 0 bridgehead atoms. The number of nitro groups is 1. The Labute approximate surface area is 203 Å². The molecular weight excluding hydrogens is 446 g/mol. The van der Waals surface area contributed by atoms with Gasteiger partial charge in [0.05, 0.1) is 25.2 Å². The molecule has 3 aromatic carbocycles. The van der Waals surface area contributed by atoms with Gasteiger partial charge in [0.1, 0.15) is 5.69 Å². The maximum Gasteiger partial charge on any atom is 0.293 e. The van der Waals surface area contributed by atoms with Crippen LogP contribution in [0.25, 0.3) is 0 Å². The number of fused-ring (bicyclic) bond motifs is 1. The molecule has 8 nitrogen and oxygen atoms in total. The van der Waals surface area contributed by atoms with Gasteiger partial charge in [-0.2, -0.15) is 0 Å². The zero-order valence-electron chi connectivity index (χ0n) is 19.7. The van der Waals surface area contributed by atoms with E-state index in [2.05, 4.69) is 5.32 Å². The van der Waals surface area contributed by atoms with Crippen molar-refractivity contribution in [1.82, 2.24) is 4.90 Å². The standard InChI is InChI=1S/C27H27N3O5/c1-34-24-15-18-12-13-29(26(17-6-4-3-5-7-17)21(18)16-25(24)35-2)27(31)19-8-11-22(28-20-9-10-20)23(14-19)30(32)33/h3-8,11,14-16,20,26,28H,9-10,12-13H2,1-2H3. The van der Waals surface area contributed by atoms with Crippen LogP contribution in [0, 0.1) is 10.1 Å². The summed E-state index contributed by atoms with van der Waals surface area (Å²) >= 11 is 0. The quantitative estimate of drug-likeness (QED) is 0.384. The molecule has 1 unspecified atom stereocenters. The van der Waals surface area contributed by atoms with Crippen LogP contribution in [-0.4, -0.2) is 42.5 Å². The fraction of sp³-hybridized carbons (Fsp3) is 0.296. The molecule has 1 N–H and O–H groups in total. The van der Waals surface area contributed by atoms with Crippen molar-refractivity contribution >= 4 is 17.3 Å². The third-order valence-corrected chi connectivity index (χ3v) is 6.63. The van der Waals surface area contributed by atoms with Crippen molar-refractivity contribution in [3.8, 4) is 11.5 Å². The van der Waals surface area contributed by atoms with E-state index in [-0.39, 0.29) is 23.7 Å². The molecule has 8 heteroatoms. The number of nitrogens with one attached hydrogen (secondary N) is 1. The predicted octanol–water partition coefficient (Wildman–Crippen LogP) is 4.97. The molecule has 0 spiro atoms.